The molecule has 17 heavy (non-hydrogen) atoms. The molecule has 0 N–H and O–H groups in total. The molecule has 3 aromatic rings. The van der Waals surface area contributed by atoms with Crippen molar-refractivity contribution in [3.63, 3.8) is 0 Å². The van der Waals surface area contributed by atoms with Crippen LogP contribution >= 0.6 is 0 Å². The Kier molecular flexibility index (Phi) is 1.55. The number of aryl methyl sites for hydroxylation is 1. The zero-order valence-corrected chi connectivity index (χ0v) is 9.57. The Morgan fingerprint density at radius 3 is 2.29 bits per heavy atom. The summed E-state index contributed by atoms with van der Waals surface area (Å²) in [5, 5.41) is 2.69. The summed E-state index contributed by atoms with van der Waals surface area (Å²) in [7, 11) is 0. The summed E-state index contributed by atoms with van der Waals surface area (Å²) < 4.78 is 0. The number of fused-ring (bicyclic) bond motifs is 3. The molecule has 0 radical (unpaired) electrons. The topological polar surface area (TPSA) is 12.9 Å². The molecule has 0 spiro atoms. The smallest absolute Gasteiger partial charge is 0.0379 e. The molecule has 1 heteroatoms. The van der Waals surface area contributed by atoms with Gasteiger partial charge in [-0.1, -0.05) is 36.4 Å². The Morgan fingerprint density at radius 1 is 0.824 bits per heavy atom. The van der Waals surface area contributed by atoms with Crippen LogP contribution in [0.25, 0.3) is 33.0 Å². The summed E-state index contributed by atoms with van der Waals surface area (Å²) in [6.45, 7) is 2.05. The van der Waals surface area contributed by atoms with Gasteiger partial charge in [0.1, 0.15) is 0 Å². The zero-order valence-electron chi connectivity index (χ0n) is 9.57. The maximum absolute atomic E-state index is 4.42. The molecular weight excluding hydrogens is 206 g/mol. The average molecular weight is 217 g/mol. The van der Waals surface area contributed by atoms with Crippen molar-refractivity contribution in [2.45, 2.75) is 6.92 Å². The molecule has 2 aromatic carbocycles. The maximum atomic E-state index is 4.42. The minimum atomic E-state index is 1.08. The molecule has 1 aliphatic rings. The van der Waals surface area contributed by atoms with E-state index in [1.165, 1.54) is 33.0 Å². The lowest BCUT2D eigenvalue weighted by Gasteiger charge is -2.01. The number of aromatic nitrogens is 1. The fourth-order valence-corrected chi connectivity index (χ4v) is 2.79. The van der Waals surface area contributed by atoms with Crippen LogP contribution in [0.2, 0.25) is 0 Å². The first-order valence-corrected chi connectivity index (χ1v) is 5.84. The molecule has 0 saturated carbocycles. The fraction of sp³-hybridized carbons (Fsp3) is 0.0625. The van der Waals surface area contributed by atoms with Crippen LogP contribution < -0.4 is 0 Å². The highest BCUT2D eigenvalue weighted by Crippen LogP contribution is 2.46. The third-order valence-electron chi connectivity index (χ3n) is 3.53. The van der Waals surface area contributed by atoms with E-state index in [1.807, 2.05) is 13.1 Å². The fourth-order valence-electron chi connectivity index (χ4n) is 2.79. The van der Waals surface area contributed by atoms with Crippen molar-refractivity contribution in [2.75, 3.05) is 0 Å². The van der Waals surface area contributed by atoms with E-state index in [4.69, 9.17) is 0 Å². The van der Waals surface area contributed by atoms with Crippen molar-refractivity contribution < 1.29 is 0 Å². The van der Waals surface area contributed by atoms with E-state index < -0.39 is 0 Å². The third-order valence-corrected chi connectivity index (χ3v) is 3.53. The second kappa shape index (κ2) is 2.95. The molecule has 4 rings (SSSR count). The van der Waals surface area contributed by atoms with Gasteiger partial charge in [-0.05, 0) is 40.5 Å². The molecule has 1 aliphatic carbocycles. The molecule has 0 saturated heterocycles. The Balaban J connectivity index is 2.26. The van der Waals surface area contributed by atoms with Crippen LogP contribution in [0.1, 0.15) is 5.69 Å². The standard InChI is InChI=1S/C16H11N/c1-10-8-14-12-6-2-4-11-5-3-7-13(16(11)12)15(14)9-17-10/h2-9H,1H3. The minimum absolute atomic E-state index is 1.08. The van der Waals surface area contributed by atoms with Crippen LogP contribution in [0.5, 0.6) is 0 Å². The second-order valence-corrected chi connectivity index (χ2v) is 4.58. The highest BCUT2D eigenvalue weighted by atomic mass is 14.7. The Labute approximate surface area is 99.7 Å². The molecule has 1 heterocycles. The number of benzene rings is 2. The van der Waals surface area contributed by atoms with Crippen LogP contribution in [-0.4, -0.2) is 4.98 Å². The van der Waals surface area contributed by atoms with Gasteiger partial charge < -0.3 is 0 Å². The van der Waals surface area contributed by atoms with Crippen molar-refractivity contribution in [2.24, 2.45) is 0 Å². The summed E-state index contributed by atoms with van der Waals surface area (Å²) in [4.78, 5) is 4.42. The summed E-state index contributed by atoms with van der Waals surface area (Å²) >= 11 is 0. The second-order valence-electron chi connectivity index (χ2n) is 4.58. The normalized spacial score (nSPS) is 11.8. The first-order chi connectivity index (χ1) is 8.34. The van der Waals surface area contributed by atoms with Gasteiger partial charge in [0, 0.05) is 17.5 Å². The molecule has 0 atom stereocenters. The largest absolute Gasteiger partial charge is 0.261 e. The van der Waals surface area contributed by atoms with Crippen LogP contribution in [0, 0.1) is 6.92 Å². The predicted molar refractivity (Wildman–Crippen MR) is 70.9 cm³/mol. The Hall–Kier alpha value is -2.15. The first-order valence-electron chi connectivity index (χ1n) is 5.84. The van der Waals surface area contributed by atoms with Crippen molar-refractivity contribution in [3.05, 3.63) is 54.4 Å². The number of nitrogens with zero attached hydrogens (tertiary/aromatic N) is 1. The van der Waals surface area contributed by atoms with E-state index >= 15 is 0 Å². The molecule has 0 bridgehead atoms. The third kappa shape index (κ3) is 1.06. The maximum Gasteiger partial charge on any atom is 0.0379 e. The molecule has 80 valence electrons. The van der Waals surface area contributed by atoms with E-state index in [0.717, 1.165) is 5.69 Å². The van der Waals surface area contributed by atoms with Crippen LogP contribution in [0.15, 0.2) is 48.7 Å². The summed E-state index contributed by atoms with van der Waals surface area (Å²) in [6, 6.07) is 15.2. The van der Waals surface area contributed by atoms with Crippen LogP contribution in [0.3, 0.4) is 0 Å². The Morgan fingerprint density at radius 2 is 1.53 bits per heavy atom. The lowest BCUT2D eigenvalue weighted by Crippen LogP contribution is -1.83. The lowest BCUT2D eigenvalue weighted by molar-refractivity contribution is 1.21. The van der Waals surface area contributed by atoms with Gasteiger partial charge in [-0.2, -0.15) is 0 Å². The number of hydrogen-bond donors (Lipinski definition) is 0. The molecule has 0 amide bonds. The first kappa shape index (κ1) is 8.94. The molecule has 0 aliphatic heterocycles. The van der Waals surface area contributed by atoms with Crippen LogP contribution in [-0.2, 0) is 0 Å². The summed E-state index contributed by atoms with van der Waals surface area (Å²) in [5.41, 5.74) is 6.33. The van der Waals surface area contributed by atoms with Gasteiger partial charge in [0.05, 0.1) is 0 Å². The zero-order chi connectivity index (χ0) is 11.4. The summed E-state index contributed by atoms with van der Waals surface area (Å²) in [6.07, 6.45) is 2.00. The van der Waals surface area contributed by atoms with Crippen molar-refractivity contribution in [1.82, 2.24) is 4.98 Å². The molecule has 1 aromatic heterocycles. The van der Waals surface area contributed by atoms with E-state index in [0.29, 0.717) is 0 Å². The van der Waals surface area contributed by atoms with Gasteiger partial charge in [0.15, 0.2) is 0 Å². The van der Waals surface area contributed by atoms with Crippen molar-refractivity contribution in [1.29, 1.82) is 0 Å². The van der Waals surface area contributed by atoms with Crippen molar-refractivity contribution in [3.8, 4) is 22.3 Å². The van der Waals surface area contributed by atoms with Crippen LogP contribution in [0.4, 0.5) is 0 Å². The number of pyridine rings is 1. The average Bonchev–Trinajstić information content (AvgIpc) is 2.67. The SMILES string of the molecule is Cc1cc2c(cn1)-c1cccc3cccc-2c13. The highest BCUT2D eigenvalue weighted by Gasteiger charge is 2.20. The van der Waals surface area contributed by atoms with E-state index in [9.17, 15) is 0 Å². The monoisotopic (exact) mass is 217 g/mol. The van der Waals surface area contributed by atoms with E-state index in [2.05, 4.69) is 47.4 Å². The molecule has 0 fully saturated rings. The van der Waals surface area contributed by atoms with E-state index in [-0.39, 0.29) is 0 Å². The van der Waals surface area contributed by atoms with Gasteiger partial charge >= 0.3 is 0 Å². The van der Waals surface area contributed by atoms with Crippen molar-refractivity contribution >= 4 is 10.8 Å². The summed E-state index contributed by atoms with van der Waals surface area (Å²) in [5.74, 6) is 0. The van der Waals surface area contributed by atoms with Gasteiger partial charge in [-0.25, -0.2) is 0 Å². The highest BCUT2D eigenvalue weighted by molar-refractivity contribution is 6.14. The van der Waals surface area contributed by atoms with Gasteiger partial charge in [-0.3, -0.25) is 4.98 Å². The minimum Gasteiger partial charge on any atom is -0.261 e. The van der Waals surface area contributed by atoms with Gasteiger partial charge in [0.2, 0.25) is 0 Å². The Bertz CT molecular complexity index is 751. The number of hydrogen-bond acceptors (Lipinski definition) is 1. The molecule has 0 unspecified atom stereocenters. The molecular formula is C16H11N. The van der Waals surface area contributed by atoms with Gasteiger partial charge in [0.25, 0.3) is 0 Å². The lowest BCUT2D eigenvalue weighted by atomic mass is 10.0. The predicted octanol–water partition coefficient (Wildman–Crippen LogP) is 4.19. The molecule has 1 nitrogen and oxygen atoms in total. The van der Waals surface area contributed by atoms with E-state index in [1.54, 1.807) is 0 Å². The quantitative estimate of drug-likeness (QED) is 0.430. The number of rotatable bonds is 0. The van der Waals surface area contributed by atoms with Gasteiger partial charge in [-0.15, -0.1) is 0 Å².